The molecule has 80 heavy (non-hydrogen) atoms. The van der Waals surface area contributed by atoms with Gasteiger partial charge in [0.1, 0.15) is 23.3 Å². The van der Waals surface area contributed by atoms with E-state index < -0.39 is 80.7 Å². The Hall–Kier alpha value is -8.64. The number of nitrogens with zero attached hydrogens (tertiary/aromatic N) is 7. The van der Waals surface area contributed by atoms with Gasteiger partial charge in [0.2, 0.25) is 0 Å². The molecular weight excluding hydrogens is 1090 g/mol. The van der Waals surface area contributed by atoms with E-state index in [-0.39, 0.29) is 45.2 Å². The van der Waals surface area contributed by atoms with Crippen LogP contribution in [-0.2, 0) is 24.7 Å². The summed E-state index contributed by atoms with van der Waals surface area (Å²) in [5.41, 5.74) is -2.24. The molecule has 420 valence electrons. The molecule has 1 aliphatic heterocycles. The average Bonchev–Trinajstić information content (AvgIpc) is 3.95. The number of hydrogen-bond acceptors (Lipinski definition) is 8. The van der Waals surface area contributed by atoms with Crippen molar-refractivity contribution in [2.75, 3.05) is 37.0 Å². The molecule has 0 atom stereocenters. The second kappa shape index (κ2) is 25.0. The first kappa shape index (κ1) is 60.6. The van der Waals surface area contributed by atoms with Gasteiger partial charge in [-0.1, -0.05) is 0 Å². The second-order valence-corrected chi connectivity index (χ2v) is 17.5. The Bertz CT molecular complexity index is 3450. The highest BCUT2D eigenvalue weighted by atomic mass is 19.4. The third-order valence-corrected chi connectivity index (χ3v) is 11.6. The molecule has 0 radical (unpaired) electrons. The van der Waals surface area contributed by atoms with Crippen molar-refractivity contribution in [1.82, 2.24) is 19.9 Å². The van der Waals surface area contributed by atoms with Crippen LogP contribution in [-0.4, -0.2) is 52.0 Å². The Morgan fingerprint density at radius 1 is 0.450 bits per heavy atom. The molecule has 0 bridgehead atoms. The molecule has 1 aliphatic rings. The van der Waals surface area contributed by atoms with Crippen molar-refractivity contribution in [2.24, 2.45) is 0 Å². The first-order valence-corrected chi connectivity index (χ1v) is 23.3. The van der Waals surface area contributed by atoms with Gasteiger partial charge in [-0.3, -0.25) is 30.1 Å². The van der Waals surface area contributed by atoms with E-state index in [9.17, 15) is 80.4 Å². The van der Waals surface area contributed by atoms with Crippen LogP contribution < -0.4 is 9.80 Å². The molecular formula is C55H41F16N7O2. The molecule has 9 rings (SSSR count). The summed E-state index contributed by atoms with van der Waals surface area (Å²) in [6.45, 7) is 3.56. The van der Waals surface area contributed by atoms with Gasteiger partial charge in [0.05, 0.1) is 50.0 Å². The topological polar surface area (TPSA) is 101 Å². The summed E-state index contributed by atoms with van der Waals surface area (Å²) in [6.07, 6.45) is -10.6. The van der Waals surface area contributed by atoms with Crippen LogP contribution in [0.1, 0.15) is 40.7 Å². The molecule has 5 heterocycles. The summed E-state index contributed by atoms with van der Waals surface area (Å²) in [5.74, 6) is -3.10. The highest BCUT2D eigenvalue weighted by Gasteiger charge is 2.34. The number of benzene rings is 4. The molecule has 8 aromatic rings. The maximum Gasteiger partial charge on any atom is 0.416 e. The van der Waals surface area contributed by atoms with Crippen LogP contribution in [0.2, 0.25) is 0 Å². The van der Waals surface area contributed by atoms with Crippen molar-refractivity contribution in [3.05, 3.63) is 207 Å². The van der Waals surface area contributed by atoms with Gasteiger partial charge in [-0.15, -0.1) is 0 Å². The van der Waals surface area contributed by atoms with E-state index in [2.05, 4.69) is 24.8 Å². The maximum absolute atomic E-state index is 13.9. The van der Waals surface area contributed by atoms with Crippen LogP contribution in [0.4, 0.5) is 87.3 Å². The molecule has 4 aromatic heterocycles. The monoisotopic (exact) mass is 1140 g/mol. The first-order chi connectivity index (χ1) is 37.4. The summed E-state index contributed by atoms with van der Waals surface area (Å²) in [4.78, 5) is 29.3. The highest BCUT2D eigenvalue weighted by molar-refractivity contribution is 5.68. The van der Waals surface area contributed by atoms with E-state index in [0.29, 0.717) is 30.3 Å². The lowest BCUT2D eigenvalue weighted by Gasteiger charge is -2.18. The largest absolute Gasteiger partial charge is 0.416 e. The normalized spacial score (nSPS) is 12.6. The Balaban J connectivity index is 0.000000172. The van der Waals surface area contributed by atoms with E-state index in [1.54, 1.807) is 62.3 Å². The van der Waals surface area contributed by atoms with Crippen LogP contribution in [0.25, 0.3) is 45.0 Å². The minimum absolute atomic E-state index is 0.129. The minimum atomic E-state index is -4.64. The van der Waals surface area contributed by atoms with Crippen LogP contribution in [0.3, 0.4) is 0 Å². The summed E-state index contributed by atoms with van der Waals surface area (Å²) < 4.78 is 207. The van der Waals surface area contributed by atoms with E-state index in [4.69, 9.17) is 0 Å². The quantitative estimate of drug-likeness (QED) is 0.0884. The number of aromatic nitrogens is 4. The van der Waals surface area contributed by atoms with Crippen molar-refractivity contribution >= 4 is 17.1 Å². The SMILES string of the molecule is CN(C)c1ccnc(-c2cc(C(F)(F)F)ccc2F)c1.Cc1ccnc(-c2cc(C(F)(F)F)ccc2F)c1.Fc1ccc(C(F)(F)F)cc1-c1cc(N2CCCC2)ccn1.O=[N+]([O-])c1ccnc(-c2cc(C(F)(F)F)ccc2F)c1. The lowest BCUT2D eigenvalue weighted by atomic mass is 10.1. The van der Waals surface area contributed by atoms with E-state index in [1.807, 2.05) is 0 Å². The number of anilines is 2. The minimum Gasteiger partial charge on any atom is -0.378 e. The van der Waals surface area contributed by atoms with Crippen molar-refractivity contribution in [2.45, 2.75) is 44.5 Å². The van der Waals surface area contributed by atoms with Gasteiger partial charge in [0, 0.05) is 97.7 Å². The van der Waals surface area contributed by atoms with Gasteiger partial charge in [0.25, 0.3) is 5.69 Å². The lowest BCUT2D eigenvalue weighted by Crippen LogP contribution is -2.17. The number of hydrogen-bond donors (Lipinski definition) is 0. The molecule has 0 unspecified atom stereocenters. The lowest BCUT2D eigenvalue weighted by molar-refractivity contribution is -0.384. The number of alkyl halides is 12. The predicted octanol–water partition coefficient (Wildman–Crippen LogP) is 16.5. The van der Waals surface area contributed by atoms with Gasteiger partial charge in [-0.2, -0.15) is 52.7 Å². The molecule has 1 saturated heterocycles. The van der Waals surface area contributed by atoms with E-state index in [0.717, 1.165) is 104 Å². The fraction of sp³-hybridized carbons (Fsp3) is 0.200. The van der Waals surface area contributed by atoms with E-state index >= 15 is 0 Å². The number of aryl methyl sites for hydroxylation is 1. The third-order valence-electron chi connectivity index (χ3n) is 11.6. The van der Waals surface area contributed by atoms with E-state index in [1.165, 1.54) is 18.6 Å². The Labute approximate surface area is 445 Å². The zero-order chi connectivity index (χ0) is 58.9. The van der Waals surface area contributed by atoms with Crippen molar-refractivity contribution in [3.8, 4) is 45.0 Å². The Kier molecular flexibility index (Phi) is 18.9. The predicted molar refractivity (Wildman–Crippen MR) is 266 cm³/mol. The van der Waals surface area contributed by atoms with Crippen LogP contribution in [0, 0.1) is 40.3 Å². The fourth-order valence-corrected chi connectivity index (χ4v) is 7.54. The molecule has 0 saturated carbocycles. The van der Waals surface area contributed by atoms with Gasteiger partial charge in [-0.25, -0.2) is 17.6 Å². The van der Waals surface area contributed by atoms with Gasteiger partial charge in [-0.05, 0) is 135 Å². The van der Waals surface area contributed by atoms with Crippen molar-refractivity contribution < 1.29 is 75.2 Å². The molecule has 0 spiro atoms. The Morgan fingerprint density at radius 3 is 1.15 bits per heavy atom. The highest BCUT2D eigenvalue weighted by Crippen LogP contribution is 2.38. The van der Waals surface area contributed by atoms with Crippen molar-refractivity contribution in [3.63, 3.8) is 0 Å². The summed E-state index contributed by atoms with van der Waals surface area (Å²) >= 11 is 0. The maximum atomic E-state index is 13.9. The average molecular weight is 1140 g/mol. The molecule has 1 fully saturated rings. The molecule has 25 heteroatoms. The van der Waals surface area contributed by atoms with Crippen LogP contribution in [0.5, 0.6) is 0 Å². The fourth-order valence-electron chi connectivity index (χ4n) is 7.54. The summed E-state index contributed by atoms with van der Waals surface area (Å²) in [7, 11) is 3.56. The second-order valence-electron chi connectivity index (χ2n) is 17.5. The number of halogens is 16. The Morgan fingerprint density at radius 2 is 0.787 bits per heavy atom. The zero-order valence-electron chi connectivity index (χ0n) is 41.7. The first-order valence-electron chi connectivity index (χ1n) is 23.3. The number of nitro groups is 1. The molecule has 0 amide bonds. The molecule has 0 aliphatic carbocycles. The standard InChI is InChI=1S/C16H14F4N2.C14H12F4N2.C13H9F4N.C12H6F4N2O2/c17-14-4-3-11(16(18,19)20)9-13(14)15-10-12(5-6-21-15)22-7-1-2-8-22;1-20(2)10-5-6-19-13(8-10)11-7-9(14(16,17)18)3-4-12(11)15;1-8-4-5-18-12(6-8)10-7-9(13(15,16)17)2-3-11(10)14;13-10-2-1-7(12(14,15)16)5-9(10)11-6-8(18(19)20)3-4-17-11/h3-6,9-10H,1-2,7-8H2;3-8H,1-2H3;2-7H,1H3;1-6H. The number of pyridine rings is 4. The zero-order valence-corrected chi connectivity index (χ0v) is 41.7. The summed E-state index contributed by atoms with van der Waals surface area (Å²) in [5, 5.41) is 10.6. The molecule has 9 nitrogen and oxygen atoms in total. The van der Waals surface area contributed by atoms with Gasteiger partial charge in [0.15, 0.2) is 0 Å². The van der Waals surface area contributed by atoms with Gasteiger partial charge < -0.3 is 9.80 Å². The molecule has 4 aromatic carbocycles. The smallest absolute Gasteiger partial charge is 0.378 e. The molecule has 0 N–H and O–H groups in total. The van der Waals surface area contributed by atoms with Gasteiger partial charge >= 0.3 is 24.7 Å². The van der Waals surface area contributed by atoms with Crippen molar-refractivity contribution in [1.29, 1.82) is 0 Å². The van der Waals surface area contributed by atoms with Crippen LogP contribution in [0.15, 0.2) is 146 Å². The number of rotatable bonds is 7. The van der Waals surface area contributed by atoms with Crippen LogP contribution >= 0.6 is 0 Å². The third kappa shape index (κ3) is 16.0. The summed E-state index contributed by atoms with van der Waals surface area (Å²) in [6, 6.07) is 20.7.